The number of carbonyl (C=O) groups excluding carboxylic acids is 2. The lowest BCUT2D eigenvalue weighted by atomic mass is 10.1. The average Bonchev–Trinajstić information content (AvgIpc) is 2.77. The summed E-state index contributed by atoms with van der Waals surface area (Å²) < 4.78 is 15.6. The summed E-state index contributed by atoms with van der Waals surface area (Å²) >= 11 is 0. The molecule has 1 unspecified atom stereocenters. The normalized spacial score (nSPS) is 11.5. The minimum absolute atomic E-state index is 0.0291. The summed E-state index contributed by atoms with van der Waals surface area (Å²) in [7, 11) is 1.41. The standard InChI is InChI=1S/C20H29N5O8/c1-30-17-13-14(7-9-18(26)31-11-2-3-12-32-25(28)29)6-8-16(17)33-19(27)15(21)5-4-10-24-20(22)23/h6-9,13,15H,2-5,10-12,21H2,1H3,(H4,22,23,24). The lowest BCUT2D eigenvalue weighted by Crippen LogP contribution is -2.34. The summed E-state index contributed by atoms with van der Waals surface area (Å²) in [5.41, 5.74) is 16.9. The summed E-state index contributed by atoms with van der Waals surface area (Å²) in [6.07, 6.45) is 4.39. The van der Waals surface area contributed by atoms with Crippen LogP contribution in [0.2, 0.25) is 0 Å². The van der Waals surface area contributed by atoms with E-state index in [2.05, 4.69) is 9.83 Å². The number of guanidine groups is 1. The molecule has 33 heavy (non-hydrogen) atoms. The maximum absolute atomic E-state index is 12.2. The van der Waals surface area contributed by atoms with Crippen molar-refractivity contribution in [2.75, 3.05) is 26.9 Å². The fourth-order valence-electron chi connectivity index (χ4n) is 2.42. The second-order valence-corrected chi connectivity index (χ2v) is 6.65. The van der Waals surface area contributed by atoms with Gasteiger partial charge in [-0.15, -0.1) is 10.1 Å². The number of methoxy groups -OCH3 is 1. The van der Waals surface area contributed by atoms with Crippen LogP contribution in [-0.4, -0.2) is 55.9 Å². The van der Waals surface area contributed by atoms with Crippen LogP contribution in [0.3, 0.4) is 0 Å². The molecule has 0 saturated heterocycles. The van der Waals surface area contributed by atoms with E-state index in [1.165, 1.54) is 25.3 Å². The molecule has 13 nitrogen and oxygen atoms in total. The SMILES string of the molecule is COc1cc(C=CC(=O)OCCCCO[N+](=O)[O-])ccc1OC(=O)C(N)CCCN=C(N)N. The third-order valence-corrected chi connectivity index (χ3v) is 4.06. The highest BCUT2D eigenvalue weighted by Crippen LogP contribution is 2.29. The molecule has 0 aliphatic heterocycles. The first-order chi connectivity index (χ1) is 15.7. The molecule has 0 amide bonds. The molecule has 0 heterocycles. The quantitative estimate of drug-likeness (QED) is 0.0474. The predicted octanol–water partition coefficient (Wildman–Crippen LogP) is 0.526. The fraction of sp³-hybridized carbons (Fsp3) is 0.450. The molecule has 0 bridgehead atoms. The Bertz CT molecular complexity index is 855. The van der Waals surface area contributed by atoms with E-state index in [-0.39, 0.29) is 30.7 Å². The number of unbranched alkanes of at least 4 members (excludes halogenated alkanes) is 1. The van der Waals surface area contributed by atoms with E-state index in [0.29, 0.717) is 37.8 Å². The highest BCUT2D eigenvalue weighted by atomic mass is 16.9. The summed E-state index contributed by atoms with van der Waals surface area (Å²) in [4.78, 5) is 42.0. The smallest absolute Gasteiger partial charge is 0.330 e. The maximum Gasteiger partial charge on any atom is 0.330 e. The third-order valence-electron chi connectivity index (χ3n) is 4.06. The molecule has 0 aliphatic rings. The molecule has 0 fully saturated rings. The van der Waals surface area contributed by atoms with E-state index in [9.17, 15) is 19.7 Å². The first-order valence-corrected chi connectivity index (χ1v) is 10.1. The van der Waals surface area contributed by atoms with Crippen LogP contribution < -0.4 is 26.7 Å². The second-order valence-electron chi connectivity index (χ2n) is 6.65. The van der Waals surface area contributed by atoms with Gasteiger partial charge in [0.25, 0.3) is 5.09 Å². The van der Waals surface area contributed by atoms with E-state index >= 15 is 0 Å². The van der Waals surface area contributed by atoms with Crippen LogP contribution in [-0.2, 0) is 19.2 Å². The van der Waals surface area contributed by atoms with Gasteiger partial charge in [0.15, 0.2) is 17.5 Å². The first kappa shape index (κ1) is 27.2. The van der Waals surface area contributed by atoms with E-state index in [1.54, 1.807) is 12.1 Å². The number of nitrogens with zero attached hydrogens (tertiary/aromatic N) is 2. The van der Waals surface area contributed by atoms with Gasteiger partial charge in [-0.1, -0.05) is 6.07 Å². The third kappa shape index (κ3) is 11.9. The molecule has 1 atom stereocenters. The Kier molecular flexibility index (Phi) is 12.4. The van der Waals surface area contributed by atoms with Crippen LogP contribution in [0.4, 0.5) is 0 Å². The summed E-state index contributed by atoms with van der Waals surface area (Å²) in [6.45, 7) is 0.404. The minimum atomic E-state index is -0.874. The zero-order valence-corrected chi connectivity index (χ0v) is 18.3. The molecule has 182 valence electrons. The minimum Gasteiger partial charge on any atom is -0.493 e. The van der Waals surface area contributed by atoms with Gasteiger partial charge in [0, 0.05) is 12.6 Å². The molecule has 6 N–H and O–H groups in total. The van der Waals surface area contributed by atoms with Gasteiger partial charge in [-0.2, -0.15) is 0 Å². The Labute approximate surface area is 190 Å². The van der Waals surface area contributed by atoms with Crippen molar-refractivity contribution in [2.45, 2.75) is 31.7 Å². The van der Waals surface area contributed by atoms with Crippen LogP contribution in [0.5, 0.6) is 11.5 Å². The number of hydrogen-bond donors (Lipinski definition) is 3. The molecule has 0 aromatic heterocycles. The summed E-state index contributed by atoms with van der Waals surface area (Å²) in [6, 6.07) is 3.85. The first-order valence-electron chi connectivity index (χ1n) is 10.1. The number of carbonyl (C=O) groups is 2. The predicted molar refractivity (Wildman–Crippen MR) is 119 cm³/mol. The van der Waals surface area contributed by atoms with Crippen molar-refractivity contribution in [2.24, 2.45) is 22.2 Å². The number of ether oxygens (including phenoxy) is 3. The van der Waals surface area contributed by atoms with Gasteiger partial charge < -0.3 is 36.2 Å². The largest absolute Gasteiger partial charge is 0.493 e. The van der Waals surface area contributed by atoms with Crippen LogP contribution in [0, 0.1) is 10.1 Å². The van der Waals surface area contributed by atoms with E-state index in [1.807, 2.05) is 0 Å². The van der Waals surface area contributed by atoms with Gasteiger partial charge in [-0.05, 0) is 49.5 Å². The van der Waals surface area contributed by atoms with Gasteiger partial charge >= 0.3 is 11.9 Å². The van der Waals surface area contributed by atoms with E-state index in [4.69, 9.17) is 31.4 Å². The number of benzene rings is 1. The number of aliphatic imine (C=N–C) groups is 1. The topological polar surface area (TPSA) is 205 Å². The van der Waals surface area contributed by atoms with Crippen molar-refractivity contribution in [3.05, 3.63) is 40.0 Å². The van der Waals surface area contributed by atoms with Crippen molar-refractivity contribution in [3.8, 4) is 11.5 Å². The highest BCUT2D eigenvalue weighted by Gasteiger charge is 2.18. The molecule has 1 aromatic rings. The Morgan fingerprint density at radius 3 is 2.58 bits per heavy atom. The van der Waals surface area contributed by atoms with Crippen molar-refractivity contribution in [1.29, 1.82) is 0 Å². The van der Waals surface area contributed by atoms with Crippen LogP contribution >= 0.6 is 0 Å². The maximum atomic E-state index is 12.2. The van der Waals surface area contributed by atoms with Gasteiger partial charge in [0.1, 0.15) is 6.04 Å². The van der Waals surface area contributed by atoms with Crippen molar-refractivity contribution in [1.82, 2.24) is 0 Å². The Balaban J connectivity index is 2.53. The molecule has 1 aromatic carbocycles. The van der Waals surface area contributed by atoms with Crippen molar-refractivity contribution < 1.29 is 33.7 Å². The highest BCUT2D eigenvalue weighted by molar-refractivity contribution is 5.87. The van der Waals surface area contributed by atoms with Crippen LogP contribution in [0.1, 0.15) is 31.2 Å². The summed E-state index contributed by atoms with van der Waals surface area (Å²) in [5.74, 6) is -0.783. The van der Waals surface area contributed by atoms with E-state index < -0.39 is 23.1 Å². The number of rotatable bonds is 15. The van der Waals surface area contributed by atoms with Gasteiger partial charge in [0.2, 0.25) is 0 Å². The number of esters is 2. The Morgan fingerprint density at radius 2 is 1.91 bits per heavy atom. The zero-order valence-electron chi connectivity index (χ0n) is 18.3. The van der Waals surface area contributed by atoms with Gasteiger partial charge in [0.05, 0.1) is 20.3 Å². The van der Waals surface area contributed by atoms with Gasteiger partial charge in [-0.25, -0.2) is 9.59 Å². The Morgan fingerprint density at radius 1 is 1.18 bits per heavy atom. The summed E-state index contributed by atoms with van der Waals surface area (Å²) in [5, 5.41) is 9.14. The van der Waals surface area contributed by atoms with Crippen molar-refractivity contribution >= 4 is 24.0 Å². The zero-order chi connectivity index (χ0) is 24.6. The fourth-order valence-corrected chi connectivity index (χ4v) is 2.42. The molecule has 0 radical (unpaired) electrons. The second kappa shape index (κ2) is 15.0. The molecule has 0 aliphatic carbocycles. The van der Waals surface area contributed by atoms with Crippen LogP contribution in [0.25, 0.3) is 6.08 Å². The molecule has 13 heteroatoms. The molecular weight excluding hydrogens is 438 g/mol. The number of hydrogen-bond acceptors (Lipinski definition) is 10. The lowest BCUT2D eigenvalue weighted by Gasteiger charge is -2.13. The van der Waals surface area contributed by atoms with E-state index in [0.717, 1.165) is 0 Å². The molecule has 1 rings (SSSR count). The lowest BCUT2D eigenvalue weighted by molar-refractivity contribution is -0.757. The average molecular weight is 467 g/mol. The molecular formula is C20H29N5O8. The van der Waals surface area contributed by atoms with Crippen molar-refractivity contribution in [3.63, 3.8) is 0 Å². The van der Waals surface area contributed by atoms with Crippen LogP contribution in [0.15, 0.2) is 29.3 Å². The Hall–Kier alpha value is -3.87. The molecule has 0 saturated carbocycles. The van der Waals surface area contributed by atoms with Gasteiger partial charge in [-0.3, -0.25) is 4.99 Å². The number of nitrogens with two attached hydrogens (primary N) is 3. The monoisotopic (exact) mass is 467 g/mol. The molecule has 0 spiro atoms.